The maximum atomic E-state index is 10.9. The van der Waals surface area contributed by atoms with Crippen LogP contribution in [0.15, 0.2) is 30.3 Å². The van der Waals surface area contributed by atoms with E-state index in [2.05, 4.69) is 0 Å². The second-order valence-electron chi connectivity index (χ2n) is 4.53. The quantitative estimate of drug-likeness (QED) is 0.639. The minimum Gasteiger partial charge on any atom is -0.389 e. The van der Waals surface area contributed by atoms with Crippen LogP contribution in [0.5, 0.6) is 0 Å². The Kier molecular flexibility index (Phi) is 3.34. The summed E-state index contributed by atoms with van der Waals surface area (Å²) in [6.45, 7) is 0.748. The van der Waals surface area contributed by atoms with Gasteiger partial charge in [-0.3, -0.25) is 10.1 Å². The zero-order valence-corrected chi connectivity index (χ0v) is 10.0. The van der Waals surface area contributed by atoms with E-state index >= 15 is 0 Å². The molecule has 18 heavy (non-hydrogen) atoms. The van der Waals surface area contributed by atoms with Crippen LogP contribution < -0.4 is 0 Å². The highest BCUT2D eigenvalue weighted by molar-refractivity contribution is 5.20. The van der Waals surface area contributed by atoms with Gasteiger partial charge in [-0.05, 0) is 6.92 Å². The Hall–Kier alpha value is -1.50. The molecule has 0 amide bonds. The third-order valence-corrected chi connectivity index (χ3v) is 3.21. The van der Waals surface area contributed by atoms with Gasteiger partial charge in [-0.1, -0.05) is 30.3 Å². The largest absolute Gasteiger partial charge is 0.389 e. The van der Waals surface area contributed by atoms with Crippen LogP contribution in [-0.2, 0) is 15.3 Å². The second kappa shape index (κ2) is 4.64. The molecule has 1 N–H and O–H groups in total. The van der Waals surface area contributed by atoms with Crippen molar-refractivity contribution in [1.29, 1.82) is 0 Å². The molecule has 1 aromatic carbocycles. The van der Waals surface area contributed by atoms with Crippen LogP contribution >= 0.6 is 0 Å². The molecular formula is C12H15NO5. The van der Waals surface area contributed by atoms with E-state index in [0.29, 0.717) is 0 Å². The summed E-state index contributed by atoms with van der Waals surface area (Å²) in [6, 6.07) is 9.21. The lowest BCUT2D eigenvalue weighted by Gasteiger charge is -2.39. The van der Waals surface area contributed by atoms with Gasteiger partial charge in [-0.2, -0.15) is 0 Å². The summed E-state index contributed by atoms with van der Waals surface area (Å²) in [5.41, 5.74) is -0.770. The van der Waals surface area contributed by atoms with Crippen LogP contribution in [0.3, 0.4) is 0 Å². The maximum absolute atomic E-state index is 10.9. The summed E-state index contributed by atoms with van der Waals surface area (Å²) in [7, 11) is 0. The van der Waals surface area contributed by atoms with Gasteiger partial charge in [0.25, 0.3) is 5.54 Å². The Morgan fingerprint density at radius 1 is 1.33 bits per heavy atom. The summed E-state index contributed by atoms with van der Waals surface area (Å²) >= 11 is 0. The monoisotopic (exact) mass is 253 g/mol. The van der Waals surface area contributed by atoms with E-state index in [4.69, 9.17) is 14.6 Å². The van der Waals surface area contributed by atoms with Crippen molar-refractivity contribution in [2.45, 2.75) is 18.2 Å². The highest BCUT2D eigenvalue weighted by atomic mass is 16.7. The number of hydrogen-bond donors (Lipinski definition) is 1. The number of ether oxygens (including phenoxy) is 2. The van der Waals surface area contributed by atoms with Crippen molar-refractivity contribution in [2.24, 2.45) is 0 Å². The Bertz CT molecular complexity index is 425. The highest BCUT2D eigenvalue weighted by Crippen LogP contribution is 2.33. The molecule has 1 aromatic rings. The van der Waals surface area contributed by atoms with Gasteiger partial charge in [0.1, 0.15) is 19.8 Å². The molecule has 0 atom stereocenters. The third kappa shape index (κ3) is 2.10. The molecule has 1 aliphatic heterocycles. The van der Waals surface area contributed by atoms with Crippen LogP contribution in [-0.4, -0.2) is 35.4 Å². The highest BCUT2D eigenvalue weighted by Gasteiger charge is 2.51. The number of aliphatic hydroxyl groups is 1. The van der Waals surface area contributed by atoms with E-state index in [-0.39, 0.29) is 13.2 Å². The summed E-state index contributed by atoms with van der Waals surface area (Å²) in [6.07, 6.45) is 0. The van der Waals surface area contributed by atoms with Crippen molar-refractivity contribution in [2.75, 3.05) is 19.8 Å². The third-order valence-electron chi connectivity index (χ3n) is 3.21. The molecule has 1 fully saturated rings. The van der Waals surface area contributed by atoms with Crippen molar-refractivity contribution >= 4 is 0 Å². The molecule has 0 spiro atoms. The Morgan fingerprint density at radius 3 is 2.33 bits per heavy atom. The second-order valence-corrected chi connectivity index (χ2v) is 4.53. The van der Waals surface area contributed by atoms with E-state index in [1.165, 1.54) is 0 Å². The van der Waals surface area contributed by atoms with Gasteiger partial charge < -0.3 is 14.6 Å². The SMILES string of the molecule is CC1(c2ccccc2)OCC(CO)([N+](=O)[O-])CO1. The molecule has 0 saturated carbocycles. The van der Waals surface area contributed by atoms with E-state index in [0.717, 1.165) is 5.56 Å². The summed E-state index contributed by atoms with van der Waals surface area (Å²) in [4.78, 5) is 10.4. The van der Waals surface area contributed by atoms with Crippen LogP contribution in [0.25, 0.3) is 0 Å². The van der Waals surface area contributed by atoms with Crippen molar-refractivity contribution in [3.8, 4) is 0 Å². The van der Waals surface area contributed by atoms with E-state index in [9.17, 15) is 10.1 Å². The van der Waals surface area contributed by atoms with Crippen molar-refractivity contribution in [3.63, 3.8) is 0 Å². The standard InChI is InChI=1S/C12H15NO5/c1-11(10-5-3-2-4-6-10)17-8-12(7-14,9-18-11)13(15)16/h2-6,14H,7-9H2,1H3. The fourth-order valence-corrected chi connectivity index (χ4v) is 1.79. The zero-order valence-electron chi connectivity index (χ0n) is 10.0. The van der Waals surface area contributed by atoms with Gasteiger partial charge in [0.2, 0.25) is 0 Å². The number of nitrogens with zero attached hydrogens (tertiary/aromatic N) is 1. The molecule has 0 aliphatic carbocycles. The van der Waals surface area contributed by atoms with Crippen LogP contribution in [0.4, 0.5) is 0 Å². The molecule has 6 nitrogen and oxygen atoms in total. The number of hydrogen-bond acceptors (Lipinski definition) is 5. The van der Waals surface area contributed by atoms with Crippen molar-refractivity contribution in [1.82, 2.24) is 0 Å². The summed E-state index contributed by atoms with van der Waals surface area (Å²) in [5.74, 6) is -1.00. The minimum atomic E-state index is -1.56. The van der Waals surface area contributed by atoms with Gasteiger partial charge >= 0.3 is 0 Å². The average molecular weight is 253 g/mol. The lowest BCUT2D eigenvalue weighted by molar-refractivity contribution is -0.600. The molecule has 6 heteroatoms. The first-order valence-electron chi connectivity index (χ1n) is 5.61. The van der Waals surface area contributed by atoms with Crippen LogP contribution in [0.2, 0.25) is 0 Å². The van der Waals surface area contributed by atoms with Crippen LogP contribution in [0, 0.1) is 10.1 Å². The van der Waals surface area contributed by atoms with E-state index in [1.807, 2.05) is 30.3 Å². The van der Waals surface area contributed by atoms with Gasteiger partial charge in [0.05, 0.1) is 0 Å². The predicted octanol–water partition coefficient (Wildman–Crippen LogP) is 0.914. The average Bonchev–Trinajstić information content (AvgIpc) is 2.41. The zero-order chi connectivity index (χ0) is 13.2. The lowest BCUT2D eigenvalue weighted by Crippen LogP contribution is -2.57. The number of aliphatic hydroxyl groups excluding tert-OH is 1. The Morgan fingerprint density at radius 2 is 1.89 bits per heavy atom. The molecule has 1 saturated heterocycles. The minimum absolute atomic E-state index is 0.179. The first-order valence-corrected chi connectivity index (χ1v) is 5.61. The summed E-state index contributed by atoms with van der Waals surface area (Å²) in [5, 5.41) is 20.1. The van der Waals surface area contributed by atoms with Crippen molar-refractivity contribution < 1.29 is 19.5 Å². The summed E-state index contributed by atoms with van der Waals surface area (Å²) < 4.78 is 11.0. The lowest BCUT2D eigenvalue weighted by atomic mass is 10.0. The molecule has 98 valence electrons. The van der Waals surface area contributed by atoms with Crippen LogP contribution in [0.1, 0.15) is 12.5 Å². The first-order chi connectivity index (χ1) is 8.52. The van der Waals surface area contributed by atoms with E-state index in [1.54, 1.807) is 6.92 Å². The molecular weight excluding hydrogens is 238 g/mol. The fourth-order valence-electron chi connectivity index (χ4n) is 1.79. The number of benzene rings is 1. The Balaban J connectivity index is 2.17. The molecule has 1 heterocycles. The number of rotatable bonds is 3. The normalized spacial score (nSPS) is 32.1. The predicted molar refractivity (Wildman–Crippen MR) is 62.5 cm³/mol. The molecule has 2 rings (SSSR count). The number of nitro groups is 1. The molecule has 0 radical (unpaired) electrons. The Labute approximate surface area is 104 Å². The van der Waals surface area contributed by atoms with Gasteiger partial charge in [-0.15, -0.1) is 0 Å². The molecule has 0 unspecified atom stereocenters. The van der Waals surface area contributed by atoms with Gasteiger partial charge in [0.15, 0.2) is 5.79 Å². The smallest absolute Gasteiger partial charge is 0.290 e. The fraction of sp³-hybridized carbons (Fsp3) is 0.500. The van der Waals surface area contributed by atoms with Gasteiger partial charge in [-0.25, -0.2) is 0 Å². The molecule has 1 aliphatic rings. The van der Waals surface area contributed by atoms with Crippen molar-refractivity contribution in [3.05, 3.63) is 46.0 Å². The van der Waals surface area contributed by atoms with Gasteiger partial charge in [0, 0.05) is 10.5 Å². The first kappa shape index (κ1) is 12.9. The van der Waals surface area contributed by atoms with E-state index < -0.39 is 22.9 Å². The maximum Gasteiger partial charge on any atom is 0.290 e. The molecule has 0 aromatic heterocycles. The molecule has 0 bridgehead atoms. The topological polar surface area (TPSA) is 81.8 Å².